The molecule has 0 aliphatic heterocycles. The summed E-state index contributed by atoms with van der Waals surface area (Å²) >= 11 is 6.17. The minimum absolute atomic E-state index is 0.0369. The number of amides is 1. The van der Waals surface area contributed by atoms with Gasteiger partial charge in [0, 0.05) is 0 Å². The molecule has 2 rings (SSSR count). The third-order valence-electron chi connectivity index (χ3n) is 5.11. The van der Waals surface area contributed by atoms with Gasteiger partial charge in [0.2, 0.25) is 15.9 Å². The van der Waals surface area contributed by atoms with E-state index < -0.39 is 22.0 Å². The zero-order valence-electron chi connectivity index (χ0n) is 19.1. The normalized spacial score (nSPS) is 13.9. The number of hydrogen-bond donors (Lipinski definition) is 1. The first-order valence-electron chi connectivity index (χ1n) is 9.99. The molecule has 0 aliphatic carbocycles. The Morgan fingerprint density at radius 3 is 2.13 bits per heavy atom. The van der Waals surface area contributed by atoms with Crippen molar-refractivity contribution in [2.45, 2.75) is 52.1 Å². The molecular formula is C23H31ClN2O4S. The van der Waals surface area contributed by atoms with Gasteiger partial charge in [-0.25, -0.2) is 8.42 Å². The highest BCUT2D eigenvalue weighted by Gasteiger charge is 2.30. The zero-order valence-corrected chi connectivity index (χ0v) is 20.6. The Morgan fingerprint density at radius 1 is 1.10 bits per heavy atom. The molecule has 0 saturated carbocycles. The Kier molecular flexibility index (Phi) is 7.66. The third-order valence-corrected chi connectivity index (χ3v) is 6.65. The summed E-state index contributed by atoms with van der Waals surface area (Å²) in [6.07, 6.45) is 1.06. The van der Waals surface area contributed by atoms with E-state index in [-0.39, 0.29) is 22.2 Å². The number of rotatable bonds is 7. The van der Waals surface area contributed by atoms with Crippen LogP contribution in [0.4, 0.5) is 5.69 Å². The quantitative estimate of drug-likeness (QED) is 0.642. The maximum atomic E-state index is 12.9. The van der Waals surface area contributed by atoms with Gasteiger partial charge in [0.1, 0.15) is 11.8 Å². The van der Waals surface area contributed by atoms with E-state index in [9.17, 15) is 13.2 Å². The van der Waals surface area contributed by atoms with Gasteiger partial charge < -0.3 is 10.1 Å². The van der Waals surface area contributed by atoms with Crippen LogP contribution in [-0.2, 0) is 20.2 Å². The van der Waals surface area contributed by atoms with Crippen LogP contribution in [0.15, 0.2) is 42.5 Å². The second-order valence-electron chi connectivity index (χ2n) is 8.66. The van der Waals surface area contributed by atoms with E-state index in [2.05, 4.69) is 26.1 Å². The van der Waals surface area contributed by atoms with E-state index in [1.807, 2.05) is 31.2 Å². The zero-order chi connectivity index (χ0) is 23.6. The lowest BCUT2D eigenvalue weighted by atomic mass is 9.86. The van der Waals surface area contributed by atoms with E-state index in [4.69, 9.17) is 16.3 Å². The van der Waals surface area contributed by atoms with Crippen molar-refractivity contribution in [1.82, 2.24) is 5.32 Å². The van der Waals surface area contributed by atoms with Crippen molar-refractivity contribution < 1.29 is 17.9 Å². The average Bonchev–Trinajstić information content (AvgIpc) is 2.66. The molecule has 0 radical (unpaired) electrons. The fourth-order valence-electron chi connectivity index (χ4n) is 3.29. The average molecular weight is 467 g/mol. The van der Waals surface area contributed by atoms with Crippen LogP contribution in [0.1, 0.15) is 51.8 Å². The standard InChI is InChI=1S/C23H31ClN2O4S/c1-15(17-8-10-18(11-9-17)23(3,4)5)25-22(27)16(2)26(31(7,28)29)19-12-13-21(30-6)20(24)14-19/h8-16H,1-7H3,(H,25,27)/t15-,16+/m1/s1. The fraction of sp³-hybridized carbons (Fsp3) is 0.435. The molecule has 31 heavy (non-hydrogen) atoms. The Labute approximate surface area is 190 Å². The molecule has 2 aromatic carbocycles. The highest BCUT2D eigenvalue weighted by Crippen LogP contribution is 2.31. The fourth-order valence-corrected chi connectivity index (χ4v) is 4.71. The van der Waals surface area contributed by atoms with Gasteiger partial charge in [0.25, 0.3) is 0 Å². The minimum atomic E-state index is -3.75. The van der Waals surface area contributed by atoms with Gasteiger partial charge >= 0.3 is 0 Å². The molecule has 1 N–H and O–H groups in total. The molecule has 6 nitrogen and oxygen atoms in total. The number of sulfonamides is 1. The largest absolute Gasteiger partial charge is 0.495 e. The molecular weight excluding hydrogens is 436 g/mol. The highest BCUT2D eigenvalue weighted by atomic mass is 35.5. The SMILES string of the molecule is COc1ccc(N([C@@H](C)C(=O)N[C@H](C)c2ccc(C(C)(C)C)cc2)S(C)(=O)=O)cc1Cl. The van der Waals surface area contributed by atoms with Crippen LogP contribution in [0.25, 0.3) is 0 Å². The van der Waals surface area contributed by atoms with Gasteiger partial charge in [-0.3, -0.25) is 9.10 Å². The molecule has 2 aromatic rings. The van der Waals surface area contributed by atoms with Gasteiger partial charge in [0.15, 0.2) is 0 Å². The summed E-state index contributed by atoms with van der Waals surface area (Å²) < 4.78 is 31.2. The van der Waals surface area contributed by atoms with E-state index in [1.54, 1.807) is 19.1 Å². The Balaban J connectivity index is 2.24. The smallest absolute Gasteiger partial charge is 0.244 e. The molecule has 0 heterocycles. The summed E-state index contributed by atoms with van der Waals surface area (Å²) in [4.78, 5) is 12.9. The maximum absolute atomic E-state index is 12.9. The third kappa shape index (κ3) is 6.14. The van der Waals surface area contributed by atoms with Crippen LogP contribution in [0.3, 0.4) is 0 Å². The summed E-state index contributed by atoms with van der Waals surface area (Å²) in [5.74, 6) is 0.00746. The van der Waals surface area contributed by atoms with E-state index in [0.717, 1.165) is 16.1 Å². The number of carbonyl (C=O) groups is 1. The number of halogens is 1. The lowest BCUT2D eigenvalue weighted by Gasteiger charge is -2.29. The number of nitrogens with zero attached hydrogens (tertiary/aromatic N) is 1. The molecule has 0 spiro atoms. The first-order valence-corrected chi connectivity index (χ1v) is 12.2. The number of nitrogens with one attached hydrogen (secondary N) is 1. The van der Waals surface area contributed by atoms with Crippen LogP contribution in [0, 0.1) is 0 Å². The molecule has 0 fully saturated rings. The van der Waals surface area contributed by atoms with Gasteiger partial charge in [-0.15, -0.1) is 0 Å². The number of ether oxygens (including phenoxy) is 1. The summed E-state index contributed by atoms with van der Waals surface area (Å²) in [6.45, 7) is 9.83. The molecule has 170 valence electrons. The lowest BCUT2D eigenvalue weighted by Crippen LogP contribution is -2.48. The van der Waals surface area contributed by atoms with E-state index in [0.29, 0.717) is 5.75 Å². The van der Waals surface area contributed by atoms with E-state index in [1.165, 1.54) is 18.7 Å². The predicted molar refractivity (Wildman–Crippen MR) is 126 cm³/mol. The second-order valence-corrected chi connectivity index (χ2v) is 10.9. The first-order chi connectivity index (χ1) is 14.3. The van der Waals surface area contributed by atoms with Crippen molar-refractivity contribution >= 4 is 33.2 Å². The molecule has 0 saturated heterocycles. The van der Waals surface area contributed by atoms with Crippen molar-refractivity contribution in [2.24, 2.45) is 0 Å². The first kappa shape index (κ1) is 25.0. The van der Waals surface area contributed by atoms with Gasteiger partial charge in [-0.05, 0) is 48.6 Å². The van der Waals surface area contributed by atoms with Crippen LogP contribution in [0.5, 0.6) is 5.75 Å². The molecule has 1 amide bonds. The van der Waals surface area contributed by atoms with Crippen molar-refractivity contribution in [3.05, 3.63) is 58.6 Å². The molecule has 8 heteroatoms. The summed E-state index contributed by atoms with van der Waals surface area (Å²) in [5.41, 5.74) is 2.46. The van der Waals surface area contributed by atoms with Crippen molar-refractivity contribution in [2.75, 3.05) is 17.7 Å². The van der Waals surface area contributed by atoms with Gasteiger partial charge in [-0.1, -0.05) is 56.6 Å². The van der Waals surface area contributed by atoms with Crippen LogP contribution < -0.4 is 14.4 Å². The van der Waals surface area contributed by atoms with Crippen LogP contribution >= 0.6 is 11.6 Å². The minimum Gasteiger partial charge on any atom is -0.495 e. The molecule has 0 unspecified atom stereocenters. The molecule has 0 aromatic heterocycles. The summed E-state index contributed by atoms with van der Waals surface area (Å²) in [5, 5.41) is 3.17. The second kappa shape index (κ2) is 9.49. The highest BCUT2D eigenvalue weighted by molar-refractivity contribution is 7.92. The number of hydrogen-bond acceptors (Lipinski definition) is 4. The number of anilines is 1. The molecule has 0 bridgehead atoms. The van der Waals surface area contributed by atoms with Gasteiger partial charge in [0.05, 0.1) is 30.1 Å². The van der Waals surface area contributed by atoms with Crippen molar-refractivity contribution in [3.63, 3.8) is 0 Å². The van der Waals surface area contributed by atoms with E-state index >= 15 is 0 Å². The van der Waals surface area contributed by atoms with Crippen LogP contribution in [-0.4, -0.2) is 33.7 Å². The topological polar surface area (TPSA) is 75.7 Å². The van der Waals surface area contributed by atoms with Crippen molar-refractivity contribution in [3.8, 4) is 5.75 Å². The van der Waals surface area contributed by atoms with Gasteiger partial charge in [-0.2, -0.15) is 0 Å². The maximum Gasteiger partial charge on any atom is 0.244 e. The molecule has 2 atom stereocenters. The van der Waals surface area contributed by atoms with Crippen molar-refractivity contribution in [1.29, 1.82) is 0 Å². The summed E-state index contributed by atoms with van der Waals surface area (Å²) in [7, 11) is -2.28. The number of carbonyl (C=O) groups excluding carboxylic acids is 1. The predicted octanol–water partition coefficient (Wildman–Crippen LogP) is 4.68. The monoisotopic (exact) mass is 466 g/mol. The number of benzene rings is 2. The Morgan fingerprint density at radius 2 is 1.68 bits per heavy atom. The van der Waals surface area contributed by atoms with Crippen LogP contribution in [0.2, 0.25) is 5.02 Å². The Bertz CT molecular complexity index is 1030. The molecule has 0 aliphatic rings. The summed E-state index contributed by atoms with van der Waals surface area (Å²) in [6, 6.07) is 11.4. The number of methoxy groups -OCH3 is 1. The lowest BCUT2D eigenvalue weighted by molar-refractivity contribution is -0.122. The Hall–Kier alpha value is -2.25.